The van der Waals surface area contributed by atoms with Crippen LogP contribution in [0.25, 0.3) is 11.1 Å². The van der Waals surface area contributed by atoms with Gasteiger partial charge in [-0.05, 0) is 36.5 Å². The van der Waals surface area contributed by atoms with E-state index in [0.29, 0.717) is 6.42 Å². The molecule has 0 amide bonds. The van der Waals surface area contributed by atoms with Crippen LogP contribution in [-0.4, -0.2) is 22.9 Å². The van der Waals surface area contributed by atoms with E-state index in [-0.39, 0.29) is 5.25 Å². The molecule has 0 spiro atoms. The van der Waals surface area contributed by atoms with Crippen molar-refractivity contribution in [3.8, 4) is 17.2 Å². The third kappa shape index (κ3) is 2.57. The fourth-order valence-electron chi connectivity index (χ4n) is 2.35. The highest BCUT2D eigenvalue weighted by atomic mass is 32.2. The summed E-state index contributed by atoms with van der Waals surface area (Å²) >= 11 is 0. The van der Waals surface area contributed by atoms with Crippen molar-refractivity contribution in [1.29, 1.82) is 5.26 Å². The molecule has 1 saturated carbocycles. The van der Waals surface area contributed by atoms with Crippen molar-refractivity contribution in [2.75, 3.05) is 0 Å². The van der Waals surface area contributed by atoms with Gasteiger partial charge in [0.15, 0.2) is 0 Å². The predicted octanol–water partition coefficient (Wildman–Crippen LogP) is 2.26. The minimum Gasteiger partial charge on any atom is -0.204 e. The zero-order valence-corrected chi connectivity index (χ0v) is 12.5. The van der Waals surface area contributed by atoms with Crippen molar-refractivity contribution in [2.45, 2.75) is 31.4 Å². The van der Waals surface area contributed by atoms with Crippen LogP contribution < -0.4 is 0 Å². The van der Waals surface area contributed by atoms with Gasteiger partial charge in [-0.25, -0.2) is 8.42 Å². The molecule has 0 saturated heterocycles. The quantitative estimate of drug-likeness (QED) is 0.868. The number of aryl methyl sites for hydroxylation is 1. The summed E-state index contributed by atoms with van der Waals surface area (Å²) in [6, 6.07) is 7.86. The highest BCUT2D eigenvalue weighted by molar-refractivity contribution is 7.90. The van der Waals surface area contributed by atoms with Crippen molar-refractivity contribution in [2.24, 2.45) is 0 Å². The maximum atomic E-state index is 12.1. The highest BCUT2D eigenvalue weighted by Gasteiger charge is 2.37. The average molecular weight is 301 g/mol. The molecule has 1 heterocycles. The smallest absolute Gasteiger partial charge is 0.204 e. The van der Waals surface area contributed by atoms with Crippen LogP contribution in [0.4, 0.5) is 0 Å². The molecule has 6 heteroatoms. The second kappa shape index (κ2) is 5.01. The van der Waals surface area contributed by atoms with Crippen LogP contribution in [0.2, 0.25) is 0 Å². The van der Waals surface area contributed by atoms with Crippen LogP contribution >= 0.6 is 0 Å². The molecule has 1 aliphatic carbocycles. The van der Waals surface area contributed by atoms with Crippen LogP contribution in [-0.2, 0) is 16.4 Å². The first-order valence-corrected chi connectivity index (χ1v) is 8.28. The Morgan fingerprint density at radius 1 is 1.43 bits per heavy atom. The molecule has 1 aromatic carbocycles. The van der Waals surface area contributed by atoms with Gasteiger partial charge in [0, 0.05) is 5.56 Å². The first kappa shape index (κ1) is 13.8. The van der Waals surface area contributed by atoms with Crippen LogP contribution in [0.1, 0.15) is 24.0 Å². The van der Waals surface area contributed by atoms with Gasteiger partial charge in [0.2, 0.25) is 0 Å². The van der Waals surface area contributed by atoms with Gasteiger partial charge in [-0.3, -0.25) is 0 Å². The van der Waals surface area contributed by atoms with Gasteiger partial charge < -0.3 is 0 Å². The number of benzene rings is 1. The Labute approximate surface area is 123 Å². The first-order valence-electron chi connectivity index (χ1n) is 6.78. The maximum Gasteiger partial charge on any atom is 0.256 e. The normalized spacial score (nSPS) is 14.9. The fourth-order valence-corrected chi connectivity index (χ4v) is 3.83. The Morgan fingerprint density at radius 2 is 2.19 bits per heavy atom. The van der Waals surface area contributed by atoms with E-state index in [2.05, 4.69) is 11.2 Å². The summed E-state index contributed by atoms with van der Waals surface area (Å²) in [5, 5.41) is 12.4. The van der Waals surface area contributed by atoms with E-state index >= 15 is 0 Å². The Hall–Kier alpha value is -2.13. The predicted molar refractivity (Wildman–Crippen MR) is 79.1 cm³/mol. The zero-order valence-electron chi connectivity index (χ0n) is 11.7. The molecule has 0 aliphatic heterocycles. The molecule has 0 N–H and O–H groups in total. The maximum absolute atomic E-state index is 12.1. The summed E-state index contributed by atoms with van der Waals surface area (Å²) in [6.45, 7) is 1.95. The lowest BCUT2D eigenvalue weighted by molar-refractivity contribution is 0.578. The van der Waals surface area contributed by atoms with Crippen molar-refractivity contribution in [3.63, 3.8) is 0 Å². The molecular weight excluding hydrogens is 286 g/mol. The van der Waals surface area contributed by atoms with Gasteiger partial charge in [0.25, 0.3) is 10.0 Å². The van der Waals surface area contributed by atoms with Crippen LogP contribution in [0, 0.1) is 18.3 Å². The lowest BCUT2D eigenvalue weighted by Gasteiger charge is -2.05. The minimum atomic E-state index is -3.32. The van der Waals surface area contributed by atoms with E-state index in [1.165, 1.54) is 0 Å². The van der Waals surface area contributed by atoms with E-state index in [1.807, 2.05) is 25.1 Å². The molecule has 2 aromatic rings. The molecule has 0 unspecified atom stereocenters. The molecule has 1 aliphatic rings. The molecule has 108 valence electrons. The summed E-state index contributed by atoms with van der Waals surface area (Å²) in [5.74, 6) is 0. The van der Waals surface area contributed by atoms with Crippen molar-refractivity contribution in [1.82, 2.24) is 9.19 Å². The standard InChI is InChI=1S/C15H15N3O2S/c1-11-8-12(6-7-16)2-5-15(11)13-9-17-18(10-13)21(19,20)14-3-4-14/h2,5,8-10,14H,3-4,6H2,1H3. The summed E-state index contributed by atoms with van der Waals surface area (Å²) in [4.78, 5) is 0. The monoisotopic (exact) mass is 301 g/mol. The van der Waals surface area contributed by atoms with Crippen LogP contribution in [0.3, 0.4) is 0 Å². The van der Waals surface area contributed by atoms with Crippen molar-refractivity contribution < 1.29 is 8.42 Å². The van der Waals surface area contributed by atoms with E-state index in [9.17, 15) is 8.42 Å². The number of rotatable bonds is 4. The lowest BCUT2D eigenvalue weighted by Crippen LogP contribution is -2.17. The lowest BCUT2D eigenvalue weighted by atomic mass is 10.00. The van der Waals surface area contributed by atoms with Gasteiger partial charge in [-0.1, -0.05) is 18.2 Å². The Kier molecular flexibility index (Phi) is 3.30. The highest BCUT2D eigenvalue weighted by Crippen LogP contribution is 2.31. The Balaban J connectivity index is 1.95. The molecule has 5 nitrogen and oxygen atoms in total. The molecular formula is C15H15N3O2S. The van der Waals surface area contributed by atoms with Gasteiger partial charge in [0.1, 0.15) is 0 Å². The third-order valence-electron chi connectivity index (χ3n) is 3.65. The minimum absolute atomic E-state index is 0.274. The SMILES string of the molecule is Cc1cc(CC#N)ccc1-c1cnn(S(=O)(=O)C2CC2)c1. The zero-order chi connectivity index (χ0) is 15.0. The molecule has 1 fully saturated rings. The molecule has 0 radical (unpaired) electrons. The van der Waals surface area contributed by atoms with E-state index in [4.69, 9.17) is 5.26 Å². The van der Waals surface area contributed by atoms with Gasteiger partial charge in [0.05, 0.1) is 30.1 Å². The molecule has 0 atom stereocenters. The number of nitrogens with zero attached hydrogens (tertiary/aromatic N) is 3. The molecule has 21 heavy (non-hydrogen) atoms. The topological polar surface area (TPSA) is 75.8 Å². The average Bonchev–Trinajstić information content (AvgIpc) is 3.18. The van der Waals surface area contributed by atoms with Crippen molar-refractivity contribution >= 4 is 10.0 Å². The Bertz CT molecular complexity index is 827. The number of hydrogen-bond donors (Lipinski definition) is 0. The van der Waals surface area contributed by atoms with Crippen LogP contribution in [0.5, 0.6) is 0 Å². The number of nitriles is 1. The molecule has 0 bridgehead atoms. The molecule has 3 rings (SSSR count). The van der Waals surface area contributed by atoms with E-state index < -0.39 is 10.0 Å². The summed E-state index contributed by atoms with van der Waals surface area (Å²) in [6.07, 6.45) is 4.96. The van der Waals surface area contributed by atoms with Crippen LogP contribution in [0.15, 0.2) is 30.6 Å². The largest absolute Gasteiger partial charge is 0.256 e. The summed E-state index contributed by atoms with van der Waals surface area (Å²) < 4.78 is 25.3. The number of hydrogen-bond acceptors (Lipinski definition) is 4. The first-order chi connectivity index (χ1) is 10.0. The van der Waals surface area contributed by atoms with Gasteiger partial charge >= 0.3 is 0 Å². The second-order valence-corrected chi connectivity index (χ2v) is 7.40. The third-order valence-corrected chi connectivity index (χ3v) is 5.69. The number of aromatic nitrogens is 2. The fraction of sp³-hybridized carbons (Fsp3) is 0.333. The summed E-state index contributed by atoms with van der Waals surface area (Å²) in [7, 11) is -3.32. The van der Waals surface area contributed by atoms with Gasteiger partial charge in [-0.2, -0.15) is 14.4 Å². The van der Waals surface area contributed by atoms with E-state index in [0.717, 1.165) is 39.2 Å². The van der Waals surface area contributed by atoms with Gasteiger partial charge in [-0.15, -0.1) is 0 Å². The second-order valence-electron chi connectivity index (χ2n) is 5.33. The van der Waals surface area contributed by atoms with Crippen molar-refractivity contribution in [3.05, 3.63) is 41.7 Å². The summed E-state index contributed by atoms with van der Waals surface area (Å²) in [5.41, 5.74) is 3.68. The molecule has 1 aromatic heterocycles. The Morgan fingerprint density at radius 3 is 2.81 bits per heavy atom. The van der Waals surface area contributed by atoms with E-state index in [1.54, 1.807) is 12.4 Å².